The number of benzene rings is 4. The van der Waals surface area contributed by atoms with Crippen LogP contribution in [0, 0.1) is 17.1 Å². The van der Waals surface area contributed by atoms with Crippen molar-refractivity contribution < 1.29 is 9.13 Å². The molecular formula is C33H24FN5O. The Morgan fingerprint density at radius 3 is 2.40 bits per heavy atom. The fourth-order valence-corrected chi connectivity index (χ4v) is 4.60. The van der Waals surface area contributed by atoms with Crippen molar-refractivity contribution in [3.63, 3.8) is 0 Å². The highest BCUT2D eigenvalue weighted by Gasteiger charge is 2.16. The number of hydrogen-bond donors (Lipinski definition) is 0. The number of halogens is 1. The summed E-state index contributed by atoms with van der Waals surface area (Å²) in [5.74, 6) is 0.902. The molecule has 0 aliphatic carbocycles. The van der Waals surface area contributed by atoms with Crippen LogP contribution >= 0.6 is 0 Å². The summed E-state index contributed by atoms with van der Waals surface area (Å²) in [7, 11) is 1.91. The second-order valence-electron chi connectivity index (χ2n) is 9.27. The van der Waals surface area contributed by atoms with Crippen LogP contribution in [0.15, 0.2) is 109 Å². The molecular weight excluding hydrogens is 501 g/mol. The van der Waals surface area contributed by atoms with Gasteiger partial charge < -0.3 is 9.30 Å². The van der Waals surface area contributed by atoms with Crippen molar-refractivity contribution in [1.82, 2.24) is 19.3 Å². The molecule has 0 radical (unpaired) electrons. The summed E-state index contributed by atoms with van der Waals surface area (Å²) < 4.78 is 23.5. The maximum atomic E-state index is 14.0. The van der Waals surface area contributed by atoms with Crippen LogP contribution in [-0.4, -0.2) is 19.3 Å². The van der Waals surface area contributed by atoms with Gasteiger partial charge in [-0.15, -0.1) is 0 Å². The lowest BCUT2D eigenvalue weighted by atomic mass is 10.1. The normalized spacial score (nSPS) is 11.5. The van der Waals surface area contributed by atoms with Crippen LogP contribution < -0.4 is 4.74 Å². The predicted molar refractivity (Wildman–Crippen MR) is 154 cm³/mol. The summed E-state index contributed by atoms with van der Waals surface area (Å²) in [4.78, 5) is 4.71. The lowest BCUT2D eigenvalue weighted by Crippen LogP contribution is -1.98. The zero-order chi connectivity index (χ0) is 27.5. The molecule has 0 bridgehead atoms. The molecule has 0 unspecified atom stereocenters. The second-order valence-corrected chi connectivity index (χ2v) is 9.27. The van der Waals surface area contributed by atoms with Crippen molar-refractivity contribution in [2.24, 2.45) is 7.05 Å². The highest BCUT2D eigenvalue weighted by atomic mass is 19.1. The molecule has 2 heterocycles. The summed E-state index contributed by atoms with van der Waals surface area (Å²) in [5.41, 5.74) is 5.92. The highest BCUT2D eigenvalue weighted by molar-refractivity contribution is 5.93. The van der Waals surface area contributed by atoms with E-state index < -0.39 is 0 Å². The number of nitrogens with zero attached hydrogens (tertiary/aromatic N) is 5. The van der Waals surface area contributed by atoms with Gasteiger partial charge in [-0.05, 0) is 60.7 Å². The van der Waals surface area contributed by atoms with E-state index >= 15 is 0 Å². The van der Waals surface area contributed by atoms with Gasteiger partial charge in [-0.25, -0.2) is 14.1 Å². The minimum absolute atomic E-state index is 0.131. The Balaban J connectivity index is 1.38. The molecule has 2 aromatic heterocycles. The summed E-state index contributed by atoms with van der Waals surface area (Å²) in [6.45, 7) is 0.131. The van der Waals surface area contributed by atoms with E-state index in [-0.39, 0.29) is 12.4 Å². The topological polar surface area (TPSA) is 68.7 Å². The fourth-order valence-electron chi connectivity index (χ4n) is 4.60. The van der Waals surface area contributed by atoms with Gasteiger partial charge in [0.1, 0.15) is 24.2 Å². The Bertz CT molecular complexity index is 1880. The number of fused-ring (bicyclic) bond motifs is 1. The molecule has 40 heavy (non-hydrogen) atoms. The number of rotatable bonds is 7. The van der Waals surface area contributed by atoms with E-state index in [1.54, 1.807) is 22.9 Å². The largest absolute Gasteiger partial charge is 0.489 e. The van der Waals surface area contributed by atoms with Crippen LogP contribution in [0.3, 0.4) is 0 Å². The van der Waals surface area contributed by atoms with Crippen LogP contribution in [0.2, 0.25) is 0 Å². The molecule has 6 aromatic rings. The number of imidazole rings is 1. The van der Waals surface area contributed by atoms with Gasteiger partial charge in [0.15, 0.2) is 5.82 Å². The molecule has 0 fully saturated rings. The Morgan fingerprint density at radius 2 is 1.65 bits per heavy atom. The molecule has 7 heteroatoms. The quantitative estimate of drug-likeness (QED) is 0.207. The molecule has 0 N–H and O–H groups in total. The van der Waals surface area contributed by atoms with E-state index in [0.29, 0.717) is 28.4 Å². The van der Waals surface area contributed by atoms with Crippen LogP contribution in [0.4, 0.5) is 4.39 Å². The molecule has 6 nitrogen and oxygen atoms in total. The Labute approximate surface area is 230 Å². The van der Waals surface area contributed by atoms with Gasteiger partial charge in [-0.3, -0.25) is 0 Å². The van der Waals surface area contributed by atoms with Crippen molar-refractivity contribution in [3.8, 4) is 28.8 Å². The van der Waals surface area contributed by atoms with Crippen LogP contribution in [0.5, 0.6) is 5.75 Å². The number of para-hydroxylation sites is 3. The molecule has 0 aliphatic heterocycles. The van der Waals surface area contributed by atoms with Gasteiger partial charge in [-0.1, -0.05) is 48.5 Å². The van der Waals surface area contributed by atoms with E-state index in [9.17, 15) is 9.65 Å². The van der Waals surface area contributed by atoms with Crippen LogP contribution in [0.25, 0.3) is 39.6 Å². The molecule has 194 valence electrons. The average molecular weight is 526 g/mol. The van der Waals surface area contributed by atoms with Crippen LogP contribution in [0.1, 0.15) is 17.0 Å². The van der Waals surface area contributed by atoms with Gasteiger partial charge in [0, 0.05) is 29.9 Å². The predicted octanol–water partition coefficient (Wildman–Crippen LogP) is 7.21. The Hall–Kier alpha value is -5.48. The van der Waals surface area contributed by atoms with Gasteiger partial charge in [-0.2, -0.15) is 10.4 Å². The highest BCUT2D eigenvalue weighted by Crippen LogP contribution is 2.30. The smallest absolute Gasteiger partial charge is 0.151 e. The summed E-state index contributed by atoms with van der Waals surface area (Å²) in [6, 6.07) is 34.0. The summed E-state index contributed by atoms with van der Waals surface area (Å²) >= 11 is 0. The lowest BCUT2D eigenvalue weighted by molar-refractivity contribution is 0.300. The molecule has 0 atom stereocenters. The van der Waals surface area contributed by atoms with Gasteiger partial charge in [0.05, 0.1) is 28.0 Å². The standard InChI is InChI=1S/C33H24FN5O/c1-38-31-14-8-7-13-30(31)36-33(38)25(20-35)19-26-21-39(27-10-3-2-4-11-27)37-32(26)23-15-17-28(18-16-23)40-22-24-9-5-6-12-29(24)34/h2-19,21H,22H2,1H3. The first kappa shape index (κ1) is 24.8. The molecule has 6 rings (SSSR count). The number of nitriles is 1. The zero-order valence-electron chi connectivity index (χ0n) is 21.7. The minimum Gasteiger partial charge on any atom is -0.489 e. The molecule has 4 aromatic carbocycles. The third-order valence-corrected chi connectivity index (χ3v) is 6.69. The average Bonchev–Trinajstić information content (AvgIpc) is 3.57. The summed E-state index contributed by atoms with van der Waals surface area (Å²) in [5, 5.41) is 15.0. The first-order chi connectivity index (χ1) is 19.6. The van der Waals surface area contributed by atoms with E-state index in [2.05, 4.69) is 6.07 Å². The monoisotopic (exact) mass is 525 g/mol. The number of aryl methyl sites for hydroxylation is 1. The Morgan fingerprint density at radius 1 is 0.925 bits per heavy atom. The third kappa shape index (κ3) is 4.86. The molecule has 0 spiro atoms. The van der Waals surface area contributed by atoms with Crippen molar-refractivity contribution in [1.29, 1.82) is 5.26 Å². The van der Waals surface area contributed by atoms with Gasteiger partial charge >= 0.3 is 0 Å². The number of aromatic nitrogens is 4. The van der Waals surface area contributed by atoms with Crippen molar-refractivity contribution in [2.75, 3.05) is 0 Å². The number of ether oxygens (including phenoxy) is 1. The lowest BCUT2D eigenvalue weighted by Gasteiger charge is -2.08. The number of hydrogen-bond acceptors (Lipinski definition) is 4. The van der Waals surface area contributed by atoms with E-state index in [4.69, 9.17) is 14.8 Å². The molecule has 0 saturated carbocycles. The maximum absolute atomic E-state index is 14.0. The van der Waals surface area contributed by atoms with Crippen molar-refractivity contribution >= 4 is 22.7 Å². The van der Waals surface area contributed by atoms with Gasteiger partial charge in [0.25, 0.3) is 0 Å². The van der Waals surface area contributed by atoms with Crippen molar-refractivity contribution in [3.05, 3.63) is 132 Å². The molecule has 0 saturated heterocycles. The zero-order valence-corrected chi connectivity index (χ0v) is 21.7. The first-order valence-electron chi connectivity index (χ1n) is 12.8. The van der Waals surface area contributed by atoms with Crippen LogP contribution in [-0.2, 0) is 13.7 Å². The van der Waals surface area contributed by atoms with E-state index in [1.807, 2.05) is 103 Å². The number of allylic oxidation sites excluding steroid dienone is 1. The fraction of sp³-hybridized carbons (Fsp3) is 0.0606. The third-order valence-electron chi connectivity index (χ3n) is 6.69. The van der Waals surface area contributed by atoms with E-state index in [0.717, 1.165) is 27.8 Å². The maximum Gasteiger partial charge on any atom is 0.151 e. The molecule has 0 aliphatic rings. The van der Waals surface area contributed by atoms with E-state index in [1.165, 1.54) is 6.07 Å². The SMILES string of the molecule is Cn1c(C(C#N)=Cc2cn(-c3ccccc3)nc2-c2ccc(OCc3ccccc3F)cc2)nc2ccccc21. The Kier molecular flexibility index (Phi) is 6.65. The van der Waals surface area contributed by atoms with Gasteiger partial charge in [0.2, 0.25) is 0 Å². The summed E-state index contributed by atoms with van der Waals surface area (Å²) in [6.07, 6.45) is 3.73. The van der Waals surface area contributed by atoms with Crippen molar-refractivity contribution in [2.45, 2.75) is 6.61 Å². The molecule has 0 amide bonds. The second kappa shape index (κ2) is 10.7. The minimum atomic E-state index is -0.295. The first-order valence-corrected chi connectivity index (χ1v) is 12.8.